The van der Waals surface area contributed by atoms with Crippen LogP contribution in [0, 0.1) is 5.82 Å². The zero-order valence-electron chi connectivity index (χ0n) is 16.2. The van der Waals surface area contributed by atoms with Crippen LogP contribution in [0.5, 0.6) is 0 Å². The summed E-state index contributed by atoms with van der Waals surface area (Å²) < 4.78 is 20.5. The number of morpholine rings is 1. The number of nitrogens with zero attached hydrogens (tertiary/aromatic N) is 1. The standard InChI is InChI=1S/C22H22FN3O3/c1-13-11-26(12-14(2)29-13)20-8-7-15(9-18(20)23)24-22(28)17-10-21(27)25-19-6-4-3-5-16(17)19/h3-10,13-14H,11-12H2,1-2H3,(H,24,28)(H,25,27). The van der Waals surface area contributed by atoms with Crippen LogP contribution in [0.25, 0.3) is 10.9 Å². The normalized spacial score (nSPS) is 19.3. The maximum absolute atomic E-state index is 14.8. The number of aromatic nitrogens is 1. The molecule has 1 saturated heterocycles. The predicted molar refractivity (Wildman–Crippen MR) is 111 cm³/mol. The number of ether oxygens (including phenoxy) is 1. The number of hydrogen-bond acceptors (Lipinski definition) is 4. The minimum atomic E-state index is -0.465. The molecule has 150 valence electrons. The van der Waals surface area contributed by atoms with Gasteiger partial charge >= 0.3 is 0 Å². The summed E-state index contributed by atoms with van der Waals surface area (Å²) in [7, 11) is 0. The minimum Gasteiger partial charge on any atom is -0.372 e. The van der Waals surface area contributed by atoms with Crippen LogP contribution in [0.1, 0.15) is 24.2 Å². The molecule has 7 heteroatoms. The Balaban J connectivity index is 1.58. The van der Waals surface area contributed by atoms with E-state index in [9.17, 15) is 14.0 Å². The third-order valence-electron chi connectivity index (χ3n) is 4.96. The molecule has 3 aromatic rings. The Morgan fingerprint density at radius 3 is 2.59 bits per heavy atom. The summed E-state index contributed by atoms with van der Waals surface area (Å²) in [6.45, 7) is 5.12. The summed E-state index contributed by atoms with van der Waals surface area (Å²) in [5.41, 5.74) is 1.25. The molecule has 2 N–H and O–H groups in total. The zero-order chi connectivity index (χ0) is 20.5. The Morgan fingerprint density at radius 2 is 1.86 bits per heavy atom. The molecule has 0 aliphatic carbocycles. The highest BCUT2D eigenvalue weighted by atomic mass is 19.1. The fourth-order valence-electron chi connectivity index (χ4n) is 3.81. The van der Waals surface area contributed by atoms with E-state index in [0.29, 0.717) is 35.4 Å². The van der Waals surface area contributed by atoms with E-state index in [1.165, 1.54) is 12.1 Å². The van der Waals surface area contributed by atoms with Gasteiger partial charge in [0, 0.05) is 35.7 Å². The quantitative estimate of drug-likeness (QED) is 0.712. The van der Waals surface area contributed by atoms with Crippen molar-refractivity contribution in [2.24, 2.45) is 0 Å². The number of anilines is 2. The van der Waals surface area contributed by atoms with Gasteiger partial charge in [-0.1, -0.05) is 18.2 Å². The topological polar surface area (TPSA) is 74.4 Å². The second-order valence-electron chi connectivity index (χ2n) is 7.38. The van der Waals surface area contributed by atoms with E-state index < -0.39 is 11.7 Å². The highest BCUT2D eigenvalue weighted by molar-refractivity contribution is 6.12. The Bertz CT molecular complexity index is 1120. The van der Waals surface area contributed by atoms with Crippen LogP contribution in [-0.2, 0) is 4.74 Å². The Morgan fingerprint density at radius 1 is 1.14 bits per heavy atom. The molecule has 0 radical (unpaired) electrons. The van der Waals surface area contributed by atoms with E-state index >= 15 is 0 Å². The summed E-state index contributed by atoms with van der Waals surface area (Å²) in [6, 6.07) is 12.9. The molecule has 1 aliphatic rings. The lowest BCUT2D eigenvalue weighted by molar-refractivity contribution is -0.00539. The van der Waals surface area contributed by atoms with Crippen molar-refractivity contribution in [1.29, 1.82) is 0 Å². The molecule has 6 nitrogen and oxygen atoms in total. The SMILES string of the molecule is CC1CN(c2ccc(NC(=O)c3cc(=O)[nH]c4ccccc34)cc2F)CC(C)O1. The second-order valence-corrected chi connectivity index (χ2v) is 7.38. The fourth-order valence-corrected chi connectivity index (χ4v) is 3.81. The number of carbonyl (C=O) groups is 1. The number of H-pyrrole nitrogens is 1. The monoisotopic (exact) mass is 395 g/mol. The molecule has 1 aliphatic heterocycles. The number of fused-ring (bicyclic) bond motifs is 1. The molecule has 2 aromatic carbocycles. The summed E-state index contributed by atoms with van der Waals surface area (Å²) in [5.74, 6) is -0.882. The molecule has 0 saturated carbocycles. The fraction of sp³-hybridized carbons (Fsp3) is 0.273. The number of hydrogen-bond donors (Lipinski definition) is 2. The second kappa shape index (κ2) is 7.67. The van der Waals surface area contributed by atoms with Gasteiger partial charge in [-0.25, -0.2) is 4.39 Å². The molecular weight excluding hydrogens is 373 g/mol. The zero-order valence-corrected chi connectivity index (χ0v) is 16.2. The van der Waals surface area contributed by atoms with Gasteiger partial charge in [-0.15, -0.1) is 0 Å². The van der Waals surface area contributed by atoms with Crippen LogP contribution in [0.2, 0.25) is 0 Å². The van der Waals surface area contributed by atoms with Crippen molar-refractivity contribution in [3.05, 3.63) is 70.3 Å². The number of benzene rings is 2. The first-order valence-corrected chi connectivity index (χ1v) is 9.54. The van der Waals surface area contributed by atoms with E-state index in [-0.39, 0.29) is 23.3 Å². The molecule has 0 bridgehead atoms. The maximum atomic E-state index is 14.8. The van der Waals surface area contributed by atoms with Gasteiger partial charge in [0.15, 0.2) is 0 Å². The van der Waals surface area contributed by atoms with E-state index in [2.05, 4.69) is 10.3 Å². The summed E-state index contributed by atoms with van der Waals surface area (Å²) in [6.07, 6.45) is 0.0314. The van der Waals surface area contributed by atoms with Gasteiger partial charge in [0.2, 0.25) is 5.56 Å². The van der Waals surface area contributed by atoms with Crippen molar-refractivity contribution in [1.82, 2.24) is 4.98 Å². The smallest absolute Gasteiger partial charge is 0.256 e. The van der Waals surface area contributed by atoms with Gasteiger partial charge < -0.3 is 19.9 Å². The van der Waals surface area contributed by atoms with Crippen LogP contribution in [0.3, 0.4) is 0 Å². The molecule has 2 unspecified atom stereocenters. The molecular formula is C22H22FN3O3. The van der Waals surface area contributed by atoms with Crippen molar-refractivity contribution in [2.75, 3.05) is 23.3 Å². The van der Waals surface area contributed by atoms with Crippen LogP contribution >= 0.6 is 0 Å². The molecule has 1 fully saturated rings. The van der Waals surface area contributed by atoms with Gasteiger partial charge in [0.05, 0.1) is 23.5 Å². The number of pyridine rings is 1. The number of aromatic amines is 1. The highest BCUT2D eigenvalue weighted by Gasteiger charge is 2.24. The van der Waals surface area contributed by atoms with Gasteiger partial charge in [-0.3, -0.25) is 9.59 Å². The number of nitrogens with one attached hydrogen (secondary N) is 2. The van der Waals surface area contributed by atoms with Gasteiger partial charge in [-0.05, 0) is 38.1 Å². The summed E-state index contributed by atoms with van der Waals surface area (Å²) >= 11 is 0. The number of halogens is 1. The van der Waals surface area contributed by atoms with Crippen molar-refractivity contribution in [3.8, 4) is 0 Å². The molecule has 4 rings (SSSR count). The summed E-state index contributed by atoms with van der Waals surface area (Å²) in [5, 5.41) is 3.31. The van der Waals surface area contributed by atoms with Crippen molar-refractivity contribution >= 4 is 28.2 Å². The minimum absolute atomic E-state index is 0.0157. The predicted octanol–water partition coefficient (Wildman–Crippen LogP) is 3.53. The average molecular weight is 395 g/mol. The Kier molecular flexibility index (Phi) is 5.07. The first-order chi connectivity index (χ1) is 13.9. The van der Waals surface area contributed by atoms with E-state index in [0.717, 1.165) is 0 Å². The highest BCUT2D eigenvalue weighted by Crippen LogP contribution is 2.26. The van der Waals surface area contributed by atoms with Gasteiger partial charge in [0.1, 0.15) is 5.82 Å². The van der Waals surface area contributed by atoms with Gasteiger partial charge in [0.25, 0.3) is 5.91 Å². The van der Waals surface area contributed by atoms with Crippen LogP contribution in [0.15, 0.2) is 53.3 Å². The molecule has 0 spiro atoms. The number of amides is 1. The maximum Gasteiger partial charge on any atom is 0.256 e. The van der Waals surface area contributed by atoms with Crippen LogP contribution < -0.4 is 15.8 Å². The Labute approximate surface area is 167 Å². The molecule has 1 amide bonds. The largest absolute Gasteiger partial charge is 0.372 e. The van der Waals surface area contributed by atoms with Crippen LogP contribution in [0.4, 0.5) is 15.8 Å². The first kappa shape index (κ1) is 19.1. The van der Waals surface area contributed by atoms with Crippen molar-refractivity contribution < 1.29 is 13.9 Å². The van der Waals surface area contributed by atoms with Crippen LogP contribution in [-0.4, -0.2) is 36.2 Å². The van der Waals surface area contributed by atoms with Gasteiger partial charge in [-0.2, -0.15) is 0 Å². The number of carbonyl (C=O) groups excluding carboxylic acids is 1. The lowest BCUT2D eigenvalue weighted by Gasteiger charge is -2.37. The molecule has 2 atom stereocenters. The third kappa shape index (κ3) is 4.00. The van der Waals surface area contributed by atoms with E-state index in [4.69, 9.17) is 4.74 Å². The summed E-state index contributed by atoms with van der Waals surface area (Å²) in [4.78, 5) is 29.3. The molecule has 29 heavy (non-hydrogen) atoms. The van der Waals surface area contributed by atoms with E-state index in [1.54, 1.807) is 36.4 Å². The molecule has 2 heterocycles. The number of para-hydroxylation sites is 1. The van der Waals surface area contributed by atoms with E-state index in [1.807, 2.05) is 18.7 Å². The first-order valence-electron chi connectivity index (χ1n) is 9.54. The number of rotatable bonds is 3. The molecule has 1 aromatic heterocycles. The average Bonchev–Trinajstić information content (AvgIpc) is 2.66. The van der Waals surface area contributed by atoms with Crippen molar-refractivity contribution in [3.63, 3.8) is 0 Å². The van der Waals surface area contributed by atoms with Crippen molar-refractivity contribution in [2.45, 2.75) is 26.1 Å². The lowest BCUT2D eigenvalue weighted by atomic mass is 10.1. The third-order valence-corrected chi connectivity index (χ3v) is 4.96. The lowest BCUT2D eigenvalue weighted by Crippen LogP contribution is -2.45. The Hall–Kier alpha value is -3.19.